The molecule has 2 aromatic rings. The number of hydrogen-bond acceptors (Lipinski definition) is 3. The molecule has 0 aliphatic rings. The van der Waals surface area contributed by atoms with E-state index in [-0.39, 0.29) is 19.0 Å². The van der Waals surface area contributed by atoms with E-state index in [9.17, 15) is 5.11 Å². The lowest BCUT2D eigenvalue weighted by molar-refractivity contribution is 0.282. The molecule has 19 heavy (non-hydrogen) atoms. The van der Waals surface area contributed by atoms with Crippen LogP contribution >= 0.6 is 12.4 Å². The van der Waals surface area contributed by atoms with E-state index in [0.29, 0.717) is 6.54 Å². The summed E-state index contributed by atoms with van der Waals surface area (Å²) >= 11 is 0. The van der Waals surface area contributed by atoms with Crippen LogP contribution in [-0.4, -0.2) is 12.2 Å². The molecule has 0 fully saturated rings. The molecule has 2 aromatic carbocycles. The summed E-state index contributed by atoms with van der Waals surface area (Å²) in [6.07, 6.45) is 0. The summed E-state index contributed by atoms with van der Waals surface area (Å²) in [5.41, 5.74) is 9.84. The van der Waals surface area contributed by atoms with Gasteiger partial charge in [-0.1, -0.05) is 24.3 Å². The van der Waals surface area contributed by atoms with Gasteiger partial charge in [0.1, 0.15) is 5.75 Å². The number of hydrogen-bond donors (Lipinski definition) is 2. The van der Waals surface area contributed by atoms with Crippen molar-refractivity contribution in [1.29, 1.82) is 0 Å². The molecule has 4 heteroatoms. The summed E-state index contributed by atoms with van der Waals surface area (Å²) in [5.74, 6) is 0.803. The fourth-order valence-electron chi connectivity index (χ4n) is 1.98. The van der Waals surface area contributed by atoms with E-state index in [1.165, 1.54) is 0 Å². The van der Waals surface area contributed by atoms with Gasteiger partial charge in [0.15, 0.2) is 0 Å². The molecule has 0 saturated carbocycles. The summed E-state index contributed by atoms with van der Waals surface area (Å²) in [6, 6.07) is 13.7. The Bertz CT molecular complexity index is 543. The minimum absolute atomic E-state index is 0. The predicted octanol–water partition coefficient (Wildman–Crippen LogP) is 2.73. The standard InChI is InChI=1S/C15H17NO2.ClH/c1-18-14-5-6-15(13(8-14)9-16)12-4-2-3-11(7-12)10-17;/h2-8,17H,9-10,16H2,1H3;1H. The van der Waals surface area contributed by atoms with Gasteiger partial charge in [0.05, 0.1) is 13.7 Å². The van der Waals surface area contributed by atoms with Crippen LogP contribution in [0, 0.1) is 0 Å². The van der Waals surface area contributed by atoms with Crippen molar-refractivity contribution in [3.8, 4) is 16.9 Å². The third kappa shape index (κ3) is 3.47. The second-order valence-corrected chi connectivity index (χ2v) is 4.09. The Balaban J connectivity index is 0.00000180. The zero-order chi connectivity index (χ0) is 13.0. The Morgan fingerprint density at radius 2 is 1.95 bits per heavy atom. The van der Waals surface area contributed by atoms with Gasteiger partial charge in [-0.2, -0.15) is 0 Å². The molecule has 0 aliphatic carbocycles. The molecule has 2 rings (SSSR count). The quantitative estimate of drug-likeness (QED) is 0.905. The average molecular weight is 280 g/mol. The fourth-order valence-corrected chi connectivity index (χ4v) is 1.98. The van der Waals surface area contributed by atoms with Crippen molar-refractivity contribution in [2.75, 3.05) is 7.11 Å². The first-order valence-corrected chi connectivity index (χ1v) is 5.85. The third-order valence-corrected chi connectivity index (χ3v) is 2.95. The van der Waals surface area contributed by atoms with Gasteiger partial charge in [-0.15, -0.1) is 12.4 Å². The van der Waals surface area contributed by atoms with E-state index in [4.69, 9.17) is 10.5 Å². The lowest BCUT2D eigenvalue weighted by Crippen LogP contribution is -2.00. The molecule has 0 bridgehead atoms. The lowest BCUT2D eigenvalue weighted by Gasteiger charge is -2.11. The van der Waals surface area contributed by atoms with Crippen LogP contribution in [0.2, 0.25) is 0 Å². The molecule has 0 heterocycles. The van der Waals surface area contributed by atoms with Crippen molar-refractivity contribution >= 4 is 12.4 Å². The Morgan fingerprint density at radius 3 is 2.58 bits per heavy atom. The summed E-state index contributed by atoms with van der Waals surface area (Å²) in [7, 11) is 1.64. The lowest BCUT2D eigenvalue weighted by atomic mass is 9.98. The van der Waals surface area contributed by atoms with Crippen LogP contribution in [0.1, 0.15) is 11.1 Å². The van der Waals surface area contributed by atoms with Crippen molar-refractivity contribution in [3.05, 3.63) is 53.6 Å². The van der Waals surface area contributed by atoms with Crippen molar-refractivity contribution in [2.24, 2.45) is 5.73 Å². The molecule has 102 valence electrons. The third-order valence-electron chi connectivity index (χ3n) is 2.95. The smallest absolute Gasteiger partial charge is 0.119 e. The highest BCUT2D eigenvalue weighted by Crippen LogP contribution is 2.27. The molecule has 0 amide bonds. The number of methoxy groups -OCH3 is 1. The molecule has 0 aliphatic heterocycles. The van der Waals surface area contributed by atoms with Gasteiger partial charge in [0.25, 0.3) is 0 Å². The summed E-state index contributed by atoms with van der Waals surface area (Å²) < 4.78 is 5.20. The van der Waals surface area contributed by atoms with E-state index in [1.54, 1.807) is 7.11 Å². The van der Waals surface area contributed by atoms with Crippen LogP contribution in [0.3, 0.4) is 0 Å². The SMILES string of the molecule is COc1ccc(-c2cccc(CO)c2)c(CN)c1.Cl. The van der Waals surface area contributed by atoms with Gasteiger partial charge in [-0.3, -0.25) is 0 Å². The first kappa shape index (κ1) is 15.5. The second kappa shape index (κ2) is 7.14. The summed E-state index contributed by atoms with van der Waals surface area (Å²) in [5, 5.41) is 9.17. The molecule has 0 aromatic heterocycles. The highest BCUT2D eigenvalue weighted by atomic mass is 35.5. The van der Waals surface area contributed by atoms with E-state index < -0.39 is 0 Å². The topological polar surface area (TPSA) is 55.5 Å². The minimum Gasteiger partial charge on any atom is -0.497 e. The number of aliphatic hydroxyl groups is 1. The number of rotatable bonds is 4. The maximum Gasteiger partial charge on any atom is 0.119 e. The molecule has 0 atom stereocenters. The van der Waals surface area contributed by atoms with Gasteiger partial charge in [0.2, 0.25) is 0 Å². The van der Waals surface area contributed by atoms with Crippen molar-refractivity contribution in [3.63, 3.8) is 0 Å². The molecule has 3 N–H and O–H groups in total. The molecule has 0 saturated heterocycles. The Morgan fingerprint density at radius 1 is 1.16 bits per heavy atom. The highest BCUT2D eigenvalue weighted by molar-refractivity contribution is 5.85. The maximum absolute atomic E-state index is 9.17. The predicted molar refractivity (Wildman–Crippen MR) is 79.5 cm³/mol. The Labute approximate surface area is 119 Å². The van der Waals surface area contributed by atoms with Crippen LogP contribution in [0.25, 0.3) is 11.1 Å². The normalized spacial score (nSPS) is 9.84. The van der Waals surface area contributed by atoms with Crippen molar-refractivity contribution in [1.82, 2.24) is 0 Å². The first-order chi connectivity index (χ1) is 8.78. The fraction of sp³-hybridized carbons (Fsp3) is 0.200. The highest BCUT2D eigenvalue weighted by Gasteiger charge is 2.06. The molecular weight excluding hydrogens is 262 g/mol. The zero-order valence-corrected chi connectivity index (χ0v) is 11.6. The maximum atomic E-state index is 9.17. The summed E-state index contributed by atoms with van der Waals surface area (Å²) in [6.45, 7) is 0.498. The van der Waals surface area contributed by atoms with Gasteiger partial charge in [0, 0.05) is 6.54 Å². The van der Waals surface area contributed by atoms with Crippen molar-refractivity contribution < 1.29 is 9.84 Å². The van der Waals surface area contributed by atoms with E-state index in [1.807, 2.05) is 42.5 Å². The van der Waals surface area contributed by atoms with Crippen LogP contribution in [0.15, 0.2) is 42.5 Å². The molecule has 0 radical (unpaired) electrons. The number of aliphatic hydroxyl groups excluding tert-OH is 1. The largest absolute Gasteiger partial charge is 0.497 e. The Hall–Kier alpha value is -1.55. The number of nitrogens with two attached hydrogens (primary N) is 1. The van der Waals surface area contributed by atoms with Gasteiger partial charge >= 0.3 is 0 Å². The van der Waals surface area contributed by atoms with Gasteiger partial charge < -0.3 is 15.6 Å². The van der Waals surface area contributed by atoms with Gasteiger partial charge in [-0.25, -0.2) is 0 Å². The molecule has 0 spiro atoms. The van der Waals surface area contributed by atoms with Gasteiger partial charge in [-0.05, 0) is 40.5 Å². The minimum atomic E-state index is 0. The van der Waals surface area contributed by atoms with E-state index in [0.717, 1.165) is 28.0 Å². The zero-order valence-electron chi connectivity index (χ0n) is 10.8. The van der Waals surface area contributed by atoms with Crippen LogP contribution in [-0.2, 0) is 13.2 Å². The van der Waals surface area contributed by atoms with Crippen LogP contribution in [0.5, 0.6) is 5.75 Å². The van der Waals surface area contributed by atoms with E-state index >= 15 is 0 Å². The Kier molecular flexibility index (Phi) is 5.83. The first-order valence-electron chi connectivity index (χ1n) is 5.85. The average Bonchev–Trinajstić information content (AvgIpc) is 2.46. The molecule has 0 unspecified atom stereocenters. The molecular formula is C15H18ClNO2. The second-order valence-electron chi connectivity index (χ2n) is 4.09. The summed E-state index contributed by atoms with van der Waals surface area (Å²) in [4.78, 5) is 0. The number of ether oxygens (including phenoxy) is 1. The van der Waals surface area contributed by atoms with Crippen molar-refractivity contribution in [2.45, 2.75) is 13.2 Å². The monoisotopic (exact) mass is 279 g/mol. The van der Waals surface area contributed by atoms with E-state index in [2.05, 4.69) is 0 Å². The molecule has 3 nitrogen and oxygen atoms in total. The van der Waals surface area contributed by atoms with Crippen LogP contribution < -0.4 is 10.5 Å². The van der Waals surface area contributed by atoms with Crippen LogP contribution in [0.4, 0.5) is 0 Å². The number of benzene rings is 2. The number of halogens is 1.